The lowest BCUT2D eigenvalue weighted by molar-refractivity contribution is 0.669. The van der Waals surface area contributed by atoms with Crippen molar-refractivity contribution in [3.05, 3.63) is 170 Å². The second-order valence-electron chi connectivity index (χ2n) is 13.2. The number of hydrogen-bond donors (Lipinski definition) is 0. The molecule has 0 saturated heterocycles. The lowest BCUT2D eigenvalue weighted by Gasteiger charge is -2.23. The molecule has 50 heavy (non-hydrogen) atoms. The number of furan rings is 1. The highest BCUT2D eigenvalue weighted by atomic mass is 32.1. The minimum Gasteiger partial charge on any atom is -0.456 e. The van der Waals surface area contributed by atoms with Gasteiger partial charge < -0.3 is 4.42 Å². The van der Waals surface area contributed by atoms with Crippen LogP contribution in [0.25, 0.3) is 109 Å². The maximum Gasteiger partial charge on any atom is 0.135 e. The molecule has 0 aliphatic heterocycles. The van der Waals surface area contributed by atoms with E-state index in [1.165, 1.54) is 86.9 Å². The smallest absolute Gasteiger partial charge is 0.135 e. The number of fused-ring (bicyclic) bond motifs is 14. The summed E-state index contributed by atoms with van der Waals surface area (Å²) in [4.78, 5) is 0. The number of rotatable bonds is 2. The number of para-hydroxylation sites is 1. The predicted octanol–water partition coefficient (Wildman–Crippen LogP) is 14.3. The first-order valence-electron chi connectivity index (χ1n) is 17.1. The van der Waals surface area contributed by atoms with Gasteiger partial charge in [-0.3, -0.25) is 0 Å². The fraction of sp³-hybridized carbons (Fsp3) is 0. The van der Waals surface area contributed by atoms with Gasteiger partial charge in [0.25, 0.3) is 0 Å². The van der Waals surface area contributed by atoms with Crippen molar-refractivity contribution in [2.75, 3.05) is 0 Å². The van der Waals surface area contributed by atoms with E-state index in [0.717, 1.165) is 21.9 Å². The summed E-state index contributed by atoms with van der Waals surface area (Å²) in [5, 5.41) is 4.90. The molecule has 0 radical (unpaired) electrons. The molecule has 2 heterocycles. The summed E-state index contributed by atoms with van der Waals surface area (Å²) >= 11 is 1.86. The van der Waals surface area contributed by atoms with E-state index in [1.807, 2.05) is 23.5 Å². The predicted molar refractivity (Wildman–Crippen MR) is 213 cm³/mol. The topological polar surface area (TPSA) is 13.1 Å². The molecule has 2 heteroatoms. The summed E-state index contributed by atoms with van der Waals surface area (Å²) in [6, 6.07) is 62.3. The maximum atomic E-state index is 6.12. The van der Waals surface area contributed by atoms with Gasteiger partial charge in [-0.1, -0.05) is 121 Å². The fourth-order valence-corrected chi connectivity index (χ4v) is 9.15. The summed E-state index contributed by atoms with van der Waals surface area (Å²) in [5.74, 6) is 0. The Hall–Kier alpha value is -6.22. The largest absolute Gasteiger partial charge is 0.456 e. The van der Waals surface area contributed by atoms with Crippen LogP contribution in [-0.4, -0.2) is 0 Å². The highest BCUT2D eigenvalue weighted by Crippen LogP contribution is 2.49. The highest BCUT2D eigenvalue weighted by Gasteiger charge is 2.22. The van der Waals surface area contributed by atoms with Crippen molar-refractivity contribution in [2.45, 2.75) is 0 Å². The Labute approximate surface area is 293 Å². The Bertz CT molecular complexity index is 2990. The second-order valence-corrected chi connectivity index (χ2v) is 14.3. The lowest BCUT2D eigenvalue weighted by atomic mass is 9.80. The van der Waals surface area contributed by atoms with E-state index in [0.29, 0.717) is 0 Å². The molecule has 0 bridgehead atoms. The molecule has 0 fully saturated rings. The Morgan fingerprint density at radius 1 is 0.280 bits per heavy atom. The van der Waals surface area contributed by atoms with E-state index < -0.39 is 0 Å². The molecule has 0 unspecified atom stereocenters. The van der Waals surface area contributed by atoms with Gasteiger partial charge in [-0.05, 0) is 115 Å². The Morgan fingerprint density at radius 2 is 0.680 bits per heavy atom. The van der Waals surface area contributed by atoms with Crippen molar-refractivity contribution in [2.24, 2.45) is 0 Å². The molecule has 0 N–H and O–H groups in total. The van der Waals surface area contributed by atoms with E-state index in [-0.39, 0.29) is 0 Å². The minimum atomic E-state index is 0.924. The monoisotopic (exact) mass is 652 g/mol. The summed E-state index contributed by atoms with van der Waals surface area (Å²) in [6.45, 7) is 0. The summed E-state index contributed by atoms with van der Waals surface area (Å²) < 4.78 is 8.72. The van der Waals surface area contributed by atoms with Crippen molar-refractivity contribution in [1.82, 2.24) is 0 Å². The van der Waals surface area contributed by atoms with Crippen LogP contribution in [0.2, 0.25) is 0 Å². The first-order chi connectivity index (χ1) is 24.8. The van der Waals surface area contributed by atoms with Crippen molar-refractivity contribution in [3.63, 3.8) is 0 Å². The molecular formula is C48H28OS. The fourth-order valence-electron chi connectivity index (χ4n) is 8.08. The number of benzene rings is 8. The van der Waals surface area contributed by atoms with E-state index in [9.17, 15) is 0 Å². The number of thiophene rings is 1. The zero-order valence-electron chi connectivity index (χ0n) is 27.0. The molecule has 232 valence electrons. The molecule has 0 saturated carbocycles. The van der Waals surface area contributed by atoms with Crippen LogP contribution in [0.4, 0.5) is 0 Å². The lowest BCUT2D eigenvalue weighted by Crippen LogP contribution is -1.97. The first-order valence-corrected chi connectivity index (χ1v) is 17.9. The van der Waals surface area contributed by atoms with Gasteiger partial charge >= 0.3 is 0 Å². The van der Waals surface area contributed by atoms with Gasteiger partial charge in [0.2, 0.25) is 0 Å². The van der Waals surface area contributed by atoms with E-state index >= 15 is 0 Å². The molecule has 11 rings (SSSR count). The van der Waals surface area contributed by atoms with Crippen LogP contribution in [0.3, 0.4) is 0 Å². The van der Waals surface area contributed by atoms with Crippen LogP contribution in [0.1, 0.15) is 0 Å². The first kappa shape index (κ1) is 27.7. The molecule has 0 amide bonds. The SMILES string of the molecule is c1ccc2c(c1)-c1ccccc1-c1ccc(-c3ccc4sc5ccc(-c6ccc7oc8ccccc8c7c6)cc5c4c3)cc1-c1ccccc1-2. The van der Waals surface area contributed by atoms with Crippen LogP contribution in [0.15, 0.2) is 174 Å². The standard InChI is InChI=1S/C48H28OS/c1-2-10-34-33(9-1)35-11-3-4-13-37(35)39-21-17-29(25-41(39)38-14-6-5-12-36(34)38)31-19-23-47-43(27-31)44-28-32(20-24-48(44)50-47)30-18-22-46-42(26-30)40-15-7-8-16-45(40)49-46/h1-28H. The van der Waals surface area contributed by atoms with Crippen molar-refractivity contribution < 1.29 is 4.42 Å². The zero-order valence-corrected chi connectivity index (χ0v) is 27.8. The van der Waals surface area contributed by atoms with Gasteiger partial charge in [-0.15, -0.1) is 11.3 Å². The summed E-state index contributed by atoms with van der Waals surface area (Å²) in [5.41, 5.74) is 16.9. The van der Waals surface area contributed by atoms with Gasteiger partial charge in [0, 0.05) is 30.9 Å². The number of hydrogen-bond acceptors (Lipinski definition) is 2. The molecule has 8 aromatic carbocycles. The average molecular weight is 653 g/mol. The Balaban J connectivity index is 1.07. The maximum absolute atomic E-state index is 6.12. The summed E-state index contributed by atoms with van der Waals surface area (Å²) in [6.07, 6.45) is 0. The summed E-state index contributed by atoms with van der Waals surface area (Å²) in [7, 11) is 0. The normalized spacial score (nSPS) is 12.0. The van der Waals surface area contributed by atoms with Gasteiger partial charge in [0.1, 0.15) is 11.2 Å². The Morgan fingerprint density at radius 3 is 1.26 bits per heavy atom. The van der Waals surface area contributed by atoms with Crippen LogP contribution in [-0.2, 0) is 0 Å². The van der Waals surface area contributed by atoms with Gasteiger partial charge in [0.15, 0.2) is 0 Å². The zero-order chi connectivity index (χ0) is 32.8. The molecule has 1 aliphatic rings. The van der Waals surface area contributed by atoms with E-state index in [1.54, 1.807) is 0 Å². The van der Waals surface area contributed by atoms with Crippen LogP contribution in [0, 0.1) is 0 Å². The molecular weight excluding hydrogens is 625 g/mol. The van der Waals surface area contributed by atoms with E-state index in [4.69, 9.17) is 4.42 Å². The average Bonchev–Trinajstić information content (AvgIpc) is 3.74. The van der Waals surface area contributed by atoms with E-state index in [2.05, 4.69) is 158 Å². The third-order valence-corrected chi connectivity index (χ3v) is 11.6. The molecule has 0 atom stereocenters. The quantitative estimate of drug-likeness (QED) is 0.181. The molecule has 0 spiro atoms. The van der Waals surface area contributed by atoms with Crippen molar-refractivity contribution in [1.29, 1.82) is 0 Å². The third kappa shape index (κ3) is 4.13. The second kappa shape index (κ2) is 10.6. The molecule has 10 aromatic rings. The van der Waals surface area contributed by atoms with Crippen molar-refractivity contribution in [3.8, 4) is 66.8 Å². The molecule has 2 aromatic heterocycles. The molecule has 1 nitrogen and oxygen atoms in total. The van der Waals surface area contributed by atoms with Crippen LogP contribution < -0.4 is 0 Å². The van der Waals surface area contributed by atoms with Crippen LogP contribution >= 0.6 is 11.3 Å². The van der Waals surface area contributed by atoms with Gasteiger partial charge in [0.05, 0.1) is 0 Å². The van der Waals surface area contributed by atoms with Crippen molar-refractivity contribution >= 4 is 53.4 Å². The third-order valence-electron chi connectivity index (χ3n) is 10.5. The Kier molecular flexibility index (Phi) is 5.89. The highest BCUT2D eigenvalue weighted by molar-refractivity contribution is 7.25. The van der Waals surface area contributed by atoms with Crippen LogP contribution in [0.5, 0.6) is 0 Å². The van der Waals surface area contributed by atoms with Gasteiger partial charge in [-0.2, -0.15) is 0 Å². The molecule has 1 aliphatic carbocycles. The van der Waals surface area contributed by atoms with Gasteiger partial charge in [-0.25, -0.2) is 0 Å². The minimum absolute atomic E-state index is 0.924.